The highest BCUT2D eigenvalue weighted by Gasteiger charge is 2.03. The molecule has 0 aliphatic carbocycles. The normalized spacial score (nSPS) is 10.6. The molecule has 4 heteroatoms. The molecular formula is C16H21N3O. The molecule has 2 aromatic heterocycles. The van der Waals surface area contributed by atoms with Crippen LogP contribution in [0.15, 0.2) is 30.5 Å². The zero-order valence-corrected chi connectivity index (χ0v) is 12.3. The van der Waals surface area contributed by atoms with Crippen LogP contribution in [0, 0.1) is 13.8 Å². The Morgan fingerprint density at radius 2 is 2.00 bits per heavy atom. The molecule has 0 aliphatic rings. The second-order valence-corrected chi connectivity index (χ2v) is 4.87. The van der Waals surface area contributed by atoms with Crippen LogP contribution in [0.1, 0.15) is 30.3 Å². The Morgan fingerprint density at radius 3 is 2.70 bits per heavy atom. The third kappa shape index (κ3) is 4.31. The summed E-state index contributed by atoms with van der Waals surface area (Å²) >= 11 is 0. The average molecular weight is 271 g/mol. The van der Waals surface area contributed by atoms with Gasteiger partial charge in [-0.1, -0.05) is 6.92 Å². The Hall–Kier alpha value is -1.94. The van der Waals surface area contributed by atoms with Crippen molar-refractivity contribution in [2.75, 3.05) is 6.54 Å². The lowest BCUT2D eigenvalue weighted by molar-refractivity contribution is 0.458. The molecule has 0 aromatic carbocycles. The van der Waals surface area contributed by atoms with Crippen LogP contribution in [-0.2, 0) is 6.54 Å². The standard InChI is InChI=1S/C16H21N3O/c1-4-7-17-10-14-8-13(3)19-16(9-14)20-15-6-5-12(2)18-11-15/h5-6,8-9,11,17H,4,7,10H2,1-3H3. The van der Waals surface area contributed by atoms with Crippen molar-refractivity contribution in [2.24, 2.45) is 0 Å². The van der Waals surface area contributed by atoms with Gasteiger partial charge in [0.15, 0.2) is 0 Å². The maximum atomic E-state index is 5.76. The lowest BCUT2D eigenvalue weighted by atomic mass is 10.2. The lowest BCUT2D eigenvalue weighted by Gasteiger charge is -2.09. The molecule has 0 saturated carbocycles. The SMILES string of the molecule is CCCNCc1cc(C)nc(Oc2ccc(C)nc2)c1. The van der Waals surface area contributed by atoms with Crippen molar-refractivity contribution < 1.29 is 4.74 Å². The molecule has 2 aromatic rings. The number of nitrogens with one attached hydrogen (secondary N) is 1. The number of nitrogens with zero attached hydrogens (tertiary/aromatic N) is 2. The molecule has 0 atom stereocenters. The van der Waals surface area contributed by atoms with Gasteiger partial charge in [0, 0.05) is 24.0 Å². The fourth-order valence-corrected chi connectivity index (χ4v) is 1.91. The van der Waals surface area contributed by atoms with Crippen LogP contribution in [0.25, 0.3) is 0 Å². The number of ether oxygens (including phenoxy) is 1. The zero-order valence-electron chi connectivity index (χ0n) is 12.3. The molecule has 0 spiro atoms. The van der Waals surface area contributed by atoms with E-state index in [0.717, 1.165) is 30.9 Å². The van der Waals surface area contributed by atoms with Gasteiger partial charge < -0.3 is 10.1 Å². The molecule has 2 rings (SSSR count). The third-order valence-electron chi connectivity index (χ3n) is 2.85. The second-order valence-electron chi connectivity index (χ2n) is 4.87. The van der Waals surface area contributed by atoms with Crippen molar-refractivity contribution >= 4 is 0 Å². The summed E-state index contributed by atoms with van der Waals surface area (Å²) in [5, 5.41) is 3.38. The first-order valence-electron chi connectivity index (χ1n) is 6.96. The highest BCUT2D eigenvalue weighted by Crippen LogP contribution is 2.20. The minimum atomic E-state index is 0.615. The minimum absolute atomic E-state index is 0.615. The van der Waals surface area contributed by atoms with Crippen molar-refractivity contribution in [3.05, 3.63) is 47.4 Å². The number of aromatic nitrogens is 2. The third-order valence-corrected chi connectivity index (χ3v) is 2.85. The first-order chi connectivity index (χ1) is 9.67. The van der Waals surface area contributed by atoms with E-state index in [4.69, 9.17) is 4.74 Å². The number of pyridine rings is 2. The van der Waals surface area contributed by atoms with Gasteiger partial charge in [0.2, 0.25) is 5.88 Å². The highest BCUT2D eigenvalue weighted by atomic mass is 16.5. The van der Waals surface area contributed by atoms with Crippen molar-refractivity contribution in [1.82, 2.24) is 15.3 Å². The molecule has 0 radical (unpaired) electrons. The van der Waals surface area contributed by atoms with Crippen LogP contribution in [-0.4, -0.2) is 16.5 Å². The number of aryl methyl sites for hydroxylation is 2. The van der Waals surface area contributed by atoms with Gasteiger partial charge in [-0.3, -0.25) is 4.98 Å². The van der Waals surface area contributed by atoms with E-state index in [2.05, 4.69) is 28.3 Å². The van der Waals surface area contributed by atoms with Gasteiger partial charge in [0.25, 0.3) is 0 Å². The van der Waals surface area contributed by atoms with Crippen LogP contribution in [0.5, 0.6) is 11.6 Å². The Balaban J connectivity index is 2.09. The summed E-state index contributed by atoms with van der Waals surface area (Å²) in [7, 11) is 0. The van der Waals surface area contributed by atoms with Crippen molar-refractivity contribution in [2.45, 2.75) is 33.7 Å². The van der Waals surface area contributed by atoms with Crippen molar-refractivity contribution in [3.63, 3.8) is 0 Å². The van der Waals surface area contributed by atoms with Crippen LogP contribution < -0.4 is 10.1 Å². The van der Waals surface area contributed by atoms with Gasteiger partial charge in [0.1, 0.15) is 5.75 Å². The molecule has 0 saturated heterocycles. The summed E-state index contributed by atoms with van der Waals surface area (Å²) in [5.41, 5.74) is 3.11. The maximum Gasteiger partial charge on any atom is 0.219 e. The van der Waals surface area contributed by atoms with E-state index in [1.165, 1.54) is 5.56 Å². The molecule has 0 bridgehead atoms. The largest absolute Gasteiger partial charge is 0.437 e. The van der Waals surface area contributed by atoms with Crippen LogP contribution in [0.2, 0.25) is 0 Å². The summed E-state index contributed by atoms with van der Waals surface area (Å²) in [6, 6.07) is 7.87. The van der Waals surface area contributed by atoms with E-state index in [0.29, 0.717) is 11.6 Å². The smallest absolute Gasteiger partial charge is 0.219 e. The van der Waals surface area contributed by atoms with E-state index in [1.807, 2.05) is 32.0 Å². The van der Waals surface area contributed by atoms with Crippen LogP contribution >= 0.6 is 0 Å². The molecule has 0 amide bonds. The van der Waals surface area contributed by atoms with Gasteiger partial charge in [-0.25, -0.2) is 4.98 Å². The van der Waals surface area contributed by atoms with Gasteiger partial charge in [-0.2, -0.15) is 0 Å². The monoisotopic (exact) mass is 271 g/mol. The molecule has 0 aliphatic heterocycles. The molecule has 0 fully saturated rings. The van der Waals surface area contributed by atoms with E-state index in [9.17, 15) is 0 Å². The fraction of sp³-hybridized carbons (Fsp3) is 0.375. The maximum absolute atomic E-state index is 5.76. The average Bonchev–Trinajstić information content (AvgIpc) is 2.41. The predicted octanol–water partition coefficient (Wildman–Crippen LogP) is 3.39. The molecule has 20 heavy (non-hydrogen) atoms. The predicted molar refractivity (Wildman–Crippen MR) is 80.0 cm³/mol. The second kappa shape index (κ2) is 7.01. The highest BCUT2D eigenvalue weighted by molar-refractivity contribution is 5.29. The zero-order chi connectivity index (χ0) is 14.4. The van der Waals surface area contributed by atoms with E-state index >= 15 is 0 Å². The van der Waals surface area contributed by atoms with Gasteiger partial charge >= 0.3 is 0 Å². The lowest BCUT2D eigenvalue weighted by Crippen LogP contribution is -2.14. The molecular weight excluding hydrogens is 250 g/mol. The number of rotatable bonds is 6. The number of hydrogen-bond donors (Lipinski definition) is 1. The molecule has 106 valence electrons. The minimum Gasteiger partial charge on any atom is -0.437 e. The topological polar surface area (TPSA) is 47.0 Å². The van der Waals surface area contributed by atoms with Crippen molar-refractivity contribution in [3.8, 4) is 11.6 Å². The van der Waals surface area contributed by atoms with Gasteiger partial charge in [0.05, 0.1) is 6.20 Å². The Kier molecular flexibility index (Phi) is 5.07. The quantitative estimate of drug-likeness (QED) is 0.818. The molecule has 1 N–H and O–H groups in total. The van der Waals surface area contributed by atoms with E-state index in [1.54, 1.807) is 6.20 Å². The van der Waals surface area contributed by atoms with Crippen LogP contribution in [0.4, 0.5) is 0 Å². The van der Waals surface area contributed by atoms with E-state index < -0.39 is 0 Å². The van der Waals surface area contributed by atoms with Crippen molar-refractivity contribution in [1.29, 1.82) is 0 Å². The Bertz CT molecular complexity index is 552. The molecule has 0 unspecified atom stereocenters. The van der Waals surface area contributed by atoms with Crippen LogP contribution in [0.3, 0.4) is 0 Å². The molecule has 2 heterocycles. The number of hydrogen-bond acceptors (Lipinski definition) is 4. The summed E-state index contributed by atoms with van der Waals surface area (Å²) in [5.74, 6) is 1.32. The summed E-state index contributed by atoms with van der Waals surface area (Å²) in [4.78, 5) is 8.62. The van der Waals surface area contributed by atoms with Gasteiger partial charge in [-0.05, 0) is 50.6 Å². The van der Waals surface area contributed by atoms with Gasteiger partial charge in [-0.15, -0.1) is 0 Å². The summed E-state index contributed by atoms with van der Waals surface area (Å²) in [6.45, 7) is 7.93. The summed E-state index contributed by atoms with van der Waals surface area (Å²) in [6.07, 6.45) is 2.84. The first kappa shape index (κ1) is 14.5. The molecule has 4 nitrogen and oxygen atoms in total. The Morgan fingerprint density at radius 1 is 1.15 bits per heavy atom. The first-order valence-corrected chi connectivity index (χ1v) is 6.96. The summed E-state index contributed by atoms with van der Waals surface area (Å²) < 4.78 is 5.76. The Labute approximate surface area is 120 Å². The fourth-order valence-electron chi connectivity index (χ4n) is 1.91. The van der Waals surface area contributed by atoms with E-state index in [-0.39, 0.29) is 0 Å².